The van der Waals surface area contributed by atoms with Crippen molar-refractivity contribution in [3.63, 3.8) is 0 Å². The predicted molar refractivity (Wildman–Crippen MR) is 198 cm³/mol. The Morgan fingerprint density at radius 2 is 0.938 bits per heavy atom. The quantitative estimate of drug-likeness (QED) is 0.194. The van der Waals surface area contributed by atoms with Crippen LogP contribution >= 0.6 is 0 Å². The fourth-order valence-corrected chi connectivity index (χ4v) is 6.51. The molecule has 0 amide bonds. The van der Waals surface area contributed by atoms with E-state index in [2.05, 4.69) is 169 Å². The summed E-state index contributed by atoms with van der Waals surface area (Å²) in [4.78, 5) is 15.3. The molecule has 4 nitrogen and oxygen atoms in total. The molecule has 0 unspecified atom stereocenters. The minimum atomic E-state index is 0.685. The molecule has 0 aliphatic rings. The van der Waals surface area contributed by atoms with E-state index in [9.17, 15) is 0 Å². The Labute approximate surface area is 278 Å². The molecule has 4 heteroatoms. The van der Waals surface area contributed by atoms with Crippen molar-refractivity contribution in [2.75, 3.05) is 0 Å². The molecule has 9 aromatic rings. The van der Waals surface area contributed by atoms with E-state index in [0.29, 0.717) is 5.82 Å². The van der Waals surface area contributed by atoms with Crippen LogP contribution in [0.4, 0.5) is 0 Å². The molecular formula is C44H30N4. The van der Waals surface area contributed by atoms with Gasteiger partial charge in [-0.25, -0.2) is 15.0 Å². The van der Waals surface area contributed by atoms with Crippen molar-refractivity contribution in [3.8, 4) is 51.0 Å². The van der Waals surface area contributed by atoms with Crippen LogP contribution in [0.3, 0.4) is 0 Å². The summed E-state index contributed by atoms with van der Waals surface area (Å²) in [6, 6.07) is 57.4. The number of para-hydroxylation sites is 2. The van der Waals surface area contributed by atoms with Crippen molar-refractivity contribution in [3.05, 3.63) is 169 Å². The first-order chi connectivity index (χ1) is 23.7. The number of aromatic nitrogens is 4. The summed E-state index contributed by atoms with van der Waals surface area (Å²) < 4.78 is 2.23. The van der Waals surface area contributed by atoms with Crippen molar-refractivity contribution < 1.29 is 0 Å². The van der Waals surface area contributed by atoms with Gasteiger partial charge in [-0.15, -0.1) is 0 Å². The summed E-state index contributed by atoms with van der Waals surface area (Å²) in [5, 5.41) is 4.78. The standard InChI is InChI=1S/C44H30N4/c1-29-14-16-33(17-15-29)44-47-39-12-6-7-13-42(39)48(44)38-24-22-32(23-25-38)43-45-40(36-20-18-30-8-2-4-10-34(30)26-36)28-41(46-43)37-21-19-31-9-3-5-11-35(31)27-37/h2-28H,1H3. The number of rotatable bonds is 5. The lowest BCUT2D eigenvalue weighted by molar-refractivity contribution is 1.10. The lowest BCUT2D eigenvalue weighted by Gasteiger charge is -2.13. The number of aryl methyl sites for hydroxylation is 1. The van der Waals surface area contributed by atoms with E-state index in [1.165, 1.54) is 27.1 Å². The molecule has 0 saturated carbocycles. The number of hydrogen-bond donors (Lipinski definition) is 0. The van der Waals surface area contributed by atoms with Gasteiger partial charge < -0.3 is 0 Å². The van der Waals surface area contributed by atoms with Crippen LogP contribution in [0.15, 0.2) is 164 Å². The third-order valence-electron chi connectivity index (χ3n) is 9.07. The molecule has 0 aliphatic heterocycles. The Morgan fingerprint density at radius 3 is 1.56 bits per heavy atom. The molecule has 7 aromatic carbocycles. The molecule has 2 aromatic heterocycles. The van der Waals surface area contributed by atoms with Gasteiger partial charge in [0.15, 0.2) is 5.82 Å². The van der Waals surface area contributed by atoms with Gasteiger partial charge in [0.25, 0.3) is 0 Å². The molecule has 0 radical (unpaired) electrons. The minimum Gasteiger partial charge on any atom is -0.292 e. The molecule has 0 saturated heterocycles. The summed E-state index contributed by atoms with van der Waals surface area (Å²) in [7, 11) is 0. The maximum Gasteiger partial charge on any atom is 0.160 e. The minimum absolute atomic E-state index is 0.685. The Bertz CT molecular complexity index is 2520. The van der Waals surface area contributed by atoms with Crippen LogP contribution in [-0.4, -0.2) is 19.5 Å². The topological polar surface area (TPSA) is 43.6 Å². The highest BCUT2D eigenvalue weighted by Crippen LogP contribution is 2.33. The first-order valence-corrected chi connectivity index (χ1v) is 16.2. The Balaban J connectivity index is 1.18. The lowest BCUT2D eigenvalue weighted by Crippen LogP contribution is -1.99. The van der Waals surface area contributed by atoms with Gasteiger partial charge in [0.2, 0.25) is 0 Å². The van der Waals surface area contributed by atoms with Crippen molar-refractivity contribution in [1.29, 1.82) is 0 Å². The molecule has 0 N–H and O–H groups in total. The highest BCUT2D eigenvalue weighted by molar-refractivity contribution is 5.89. The fraction of sp³-hybridized carbons (Fsp3) is 0.0227. The van der Waals surface area contributed by atoms with Gasteiger partial charge >= 0.3 is 0 Å². The third kappa shape index (κ3) is 5.01. The van der Waals surface area contributed by atoms with Crippen LogP contribution in [0.5, 0.6) is 0 Å². The van der Waals surface area contributed by atoms with Crippen molar-refractivity contribution in [2.45, 2.75) is 6.92 Å². The van der Waals surface area contributed by atoms with E-state index in [0.717, 1.165) is 56.2 Å². The van der Waals surface area contributed by atoms with Crippen LogP contribution in [0.2, 0.25) is 0 Å². The lowest BCUT2D eigenvalue weighted by atomic mass is 10.0. The van der Waals surface area contributed by atoms with Gasteiger partial charge in [-0.05, 0) is 83.1 Å². The van der Waals surface area contributed by atoms with E-state index >= 15 is 0 Å². The van der Waals surface area contributed by atoms with Gasteiger partial charge in [0, 0.05) is 27.9 Å². The van der Waals surface area contributed by atoms with Crippen LogP contribution in [0, 0.1) is 6.92 Å². The van der Waals surface area contributed by atoms with E-state index < -0.39 is 0 Å². The molecule has 226 valence electrons. The zero-order valence-electron chi connectivity index (χ0n) is 26.4. The molecule has 0 fully saturated rings. The van der Waals surface area contributed by atoms with E-state index in [1.54, 1.807) is 0 Å². The molecule has 9 rings (SSSR count). The fourth-order valence-electron chi connectivity index (χ4n) is 6.51. The largest absolute Gasteiger partial charge is 0.292 e. The van der Waals surface area contributed by atoms with Crippen molar-refractivity contribution in [1.82, 2.24) is 19.5 Å². The first kappa shape index (κ1) is 27.9. The smallest absolute Gasteiger partial charge is 0.160 e. The molecule has 2 heterocycles. The third-order valence-corrected chi connectivity index (χ3v) is 9.07. The van der Waals surface area contributed by atoms with Crippen molar-refractivity contribution >= 4 is 32.6 Å². The second-order valence-electron chi connectivity index (χ2n) is 12.3. The summed E-state index contributed by atoms with van der Waals surface area (Å²) in [5.74, 6) is 1.60. The van der Waals surface area contributed by atoms with Crippen LogP contribution < -0.4 is 0 Å². The summed E-state index contributed by atoms with van der Waals surface area (Å²) in [6.45, 7) is 2.11. The molecule has 0 spiro atoms. The molecule has 0 aliphatic carbocycles. The maximum absolute atomic E-state index is 5.15. The van der Waals surface area contributed by atoms with Gasteiger partial charge in [-0.2, -0.15) is 0 Å². The van der Waals surface area contributed by atoms with E-state index in [-0.39, 0.29) is 0 Å². The normalized spacial score (nSPS) is 11.4. The van der Waals surface area contributed by atoms with Crippen LogP contribution in [-0.2, 0) is 0 Å². The monoisotopic (exact) mass is 614 g/mol. The Kier molecular flexibility index (Phi) is 6.65. The number of benzene rings is 7. The zero-order chi connectivity index (χ0) is 32.0. The predicted octanol–water partition coefficient (Wildman–Crippen LogP) is 11.1. The number of hydrogen-bond acceptors (Lipinski definition) is 3. The van der Waals surface area contributed by atoms with E-state index in [1.807, 2.05) is 6.07 Å². The Morgan fingerprint density at radius 1 is 0.417 bits per heavy atom. The zero-order valence-corrected chi connectivity index (χ0v) is 26.4. The van der Waals surface area contributed by atoms with Gasteiger partial charge in [-0.1, -0.05) is 115 Å². The van der Waals surface area contributed by atoms with Gasteiger partial charge in [0.1, 0.15) is 5.82 Å². The molecule has 0 atom stereocenters. The van der Waals surface area contributed by atoms with E-state index in [4.69, 9.17) is 15.0 Å². The average Bonchev–Trinajstić information content (AvgIpc) is 3.54. The summed E-state index contributed by atoms with van der Waals surface area (Å²) in [6.07, 6.45) is 0. The maximum atomic E-state index is 5.15. The molecule has 0 bridgehead atoms. The number of nitrogens with zero attached hydrogens (tertiary/aromatic N) is 4. The van der Waals surface area contributed by atoms with Crippen LogP contribution in [0.1, 0.15) is 5.56 Å². The SMILES string of the molecule is Cc1ccc(-c2nc3ccccc3n2-c2ccc(-c3nc(-c4ccc5ccccc5c4)cc(-c4ccc5ccccc5c4)n3)cc2)cc1. The second kappa shape index (κ2) is 11.4. The Hall–Kier alpha value is -6.39. The molecule has 48 heavy (non-hydrogen) atoms. The molecular weight excluding hydrogens is 585 g/mol. The summed E-state index contributed by atoms with van der Waals surface area (Å²) >= 11 is 0. The number of imidazole rings is 1. The average molecular weight is 615 g/mol. The highest BCUT2D eigenvalue weighted by atomic mass is 15.1. The van der Waals surface area contributed by atoms with Crippen LogP contribution in [0.25, 0.3) is 83.6 Å². The van der Waals surface area contributed by atoms with Gasteiger partial charge in [-0.3, -0.25) is 4.57 Å². The second-order valence-corrected chi connectivity index (χ2v) is 12.3. The van der Waals surface area contributed by atoms with Gasteiger partial charge in [0.05, 0.1) is 22.4 Å². The first-order valence-electron chi connectivity index (χ1n) is 16.2. The number of fused-ring (bicyclic) bond motifs is 3. The highest BCUT2D eigenvalue weighted by Gasteiger charge is 2.16. The summed E-state index contributed by atoms with van der Waals surface area (Å²) in [5.41, 5.74) is 10.2. The van der Waals surface area contributed by atoms with Crippen molar-refractivity contribution in [2.24, 2.45) is 0 Å².